The number of aliphatic imine (C=N–C) groups is 1. The van der Waals surface area contributed by atoms with Crippen LogP contribution in [0.2, 0.25) is 0 Å². The van der Waals surface area contributed by atoms with Crippen molar-refractivity contribution < 1.29 is 4.52 Å². The largest absolute Gasteiger partial charge is 0.364 e. The summed E-state index contributed by atoms with van der Waals surface area (Å²) in [6, 6.07) is 8.02. The first-order chi connectivity index (χ1) is 11.2. The standard InChI is InChI=1S/C16H20N6O.HI/c1-11-4-5-13-14(8-11)20-15(19-13)9-18-16(17-2)22(3)10-12-6-7-23-21-12;/h4-8H,9-10H2,1-3H3,(H,17,18)(H,19,20);1H. The normalized spacial score (nSPS) is 11.4. The fourth-order valence-electron chi connectivity index (χ4n) is 2.44. The summed E-state index contributed by atoms with van der Waals surface area (Å²) in [6.07, 6.45) is 1.57. The van der Waals surface area contributed by atoms with Crippen molar-refractivity contribution in [1.29, 1.82) is 0 Å². The van der Waals surface area contributed by atoms with Crippen LogP contribution in [0.25, 0.3) is 11.0 Å². The van der Waals surface area contributed by atoms with Crippen molar-refractivity contribution in [2.75, 3.05) is 14.1 Å². The fourth-order valence-corrected chi connectivity index (χ4v) is 2.44. The molecule has 0 aliphatic rings. The van der Waals surface area contributed by atoms with E-state index in [0.717, 1.165) is 28.5 Å². The molecule has 2 heterocycles. The van der Waals surface area contributed by atoms with Gasteiger partial charge in [0.05, 0.1) is 24.1 Å². The Bertz CT molecular complexity index is 811. The first-order valence-corrected chi connectivity index (χ1v) is 7.42. The summed E-state index contributed by atoms with van der Waals surface area (Å²) in [6.45, 7) is 3.26. The lowest BCUT2D eigenvalue weighted by Crippen LogP contribution is -2.38. The van der Waals surface area contributed by atoms with Crippen LogP contribution in [0.1, 0.15) is 17.1 Å². The van der Waals surface area contributed by atoms with Gasteiger partial charge in [0.1, 0.15) is 17.8 Å². The number of aryl methyl sites for hydroxylation is 1. The smallest absolute Gasteiger partial charge is 0.194 e. The van der Waals surface area contributed by atoms with Gasteiger partial charge in [-0.15, -0.1) is 24.0 Å². The van der Waals surface area contributed by atoms with E-state index in [0.29, 0.717) is 13.1 Å². The van der Waals surface area contributed by atoms with Crippen molar-refractivity contribution in [1.82, 2.24) is 25.3 Å². The highest BCUT2D eigenvalue weighted by Gasteiger charge is 2.09. The number of fused-ring (bicyclic) bond motifs is 1. The number of rotatable bonds is 4. The molecule has 1 aromatic carbocycles. The van der Waals surface area contributed by atoms with Gasteiger partial charge in [0.2, 0.25) is 0 Å². The van der Waals surface area contributed by atoms with Crippen molar-refractivity contribution in [3.63, 3.8) is 0 Å². The van der Waals surface area contributed by atoms with Crippen LogP contribution in [-0.2, 0) is 13.1 Å². The fraction of sp³-hybridized carbons (Fsp3) is 0.312. The van der Waals surface area contributed by atoms with E-state index < -0.39 is 0 Å². The molecule has 0 spiro atoms. The average Bonchev–Trinajstić information content (AvgIpc) is 3.16. The summed E-state index contributed by atoms with van der Waals surface area (Å²) in [4.78, 5) is 14.2. The van der Waals surface area contributed by atoms with Crippen molar-refractivity contribution in [2.24, 2.45) is 4.99 Å². The van der Waals surface area contributed by atoms with Gasteiger partial charge in [-0.3, -0.25) is 4.99 Å². The lowest BCUT2D eigenvalue weighted by atomic mass is 10.2. The zero-order valence-electron chi connectivity index (χ0n) is 13.9. The second-order valence-electron chi connectivity index (χ2n) is 5.45. The molecule has 8 heteroatoms. The van der Waals surface area contributed by atoms with Gasteiger partial charge in [0.25, 0.3) is 0 Å². The van der Waals surface area contributed by atoms with E-state index in [4.69, 9.17) is 4.52 Å². The number of imidazole rings is 1. The molecule has 0 amide bonds. The molecule has 2 N–H and O–H groups in total. The maximum atomic E-state index is 4.85. The molecule has 24 heavy (non-hydrogen) atoms. The van der Waals surface area contributed by atoms with E-state index in [9.17, 15) is 0 Å². The zero-order chi connectivity index (χ0) is 16.2. The third-order valence-corrected chi connectivity index (χ3v) is 3.56. The highest BCUT2D eigenvalue weighted by molar-refractivity contribution is 14.0. The van der Waals surface area contributed by atoms with Gasteiger partial charge in [0.15, 0.2) is 5.96 Å². The summed E-state index contributed by atoms with van der Waals surface area (Å²) in [5.74, 6) is 1.64. The lowest BCUT2D eigenvalue weighted by Gasteiger charge is -2.20. The van der Waals surface area contributed by atoms with Gasteiger partial charge >= 0.3 is 0 Å². The molecular weight excluding hydrogens is 419 g/mol. The number of nitrogens with one attached hydrogen (secondary N) is 2. The molecular formula is C16H21IN6O. The molecule has 0 saturated carbocycles. The topological polar surface area (TPSA) is 82.3 Å². The van der Waals surface area contributed by atoms with Gasteiger partial charge in [-0.1, -0.05) is 11.2 Å². The molecule has 0 unspecified atom stereocenters. The number of hydrogen-bond acceptors (Lipinski definition) is 4. The van der Waals surface area contributed by atoms with Crippen LogP contribution in [0.15, 0.2) is 40.0 Å². The van der Waals surface area contributed by atoms with Crippen LogP contribution >= 0.6 is 24.0 Å². The van der Waals surface area contributed by atoms with Crippen molar-refractivity contribution in [3.8, 4) is 0 Å². The van der Waals surface area contributed by atoms with Crippen molar-refractivity contribution >= 4 is 41.0 Å². The number of aromatic nitrogens is 3. The second-order valence-corrected chi connectivity index (χ2v) is 5.45. The molecule has 2 aromatic heterocycles. The highest BCUT2D eigenvalue weighted by Crippen LogP contribution is 2.13. The summed E-state index contributed by atoms with van der Waals surface area (Å²) in [5.41, 5.74) is 4.09. The molecule has 3 aromatic rings. The van der Waals surface area contributed by atoms with Crippen LogP contribution in [0, 0.1) is 6.92 Å². The molecule has 7 nitrogen and oxygen atoms in total. The predicted octanol–water partition coefficient (Wildman–Crippen LogP) is 2.68. The number of halogens is 1. The van der Waals surface area contributed by atoms with Gasteiger partial charge in [-0.05, 0) is 24.6 Å². The van der Waals surface area contributed by atoms with Gasteiger partial charge in [0, 0.05) is 20.2 Å². The van der Waals surface area contributed by atoms with Crippen LogP contribution in [-0.4, -0.2) is 40.1 Å². The summed E-state index contributed by atoms with van der Waals surface area (Å²) >= 11 is 0. The van der Waals surface area contributed by atoms with Crippen molar-refractivity contribution in [2.45, 2.75) is 20.0 Å². The van der Waals surface area contributed by atoms with Gasteiger partial charge < -0.3 is 19.7 Å². The maximum absolute atomic E-state index is 4.85. The Morgan fingerprint density at radius 3 is 2.92 bits per heavy atom. The average molecular weight is 440 g/mol. The summed E-state index contributed by atoms with van der Waals surface area (Å²) in [5, 5.41) is 7.21. The monoisotopic (exact) mass is 440 g/mol. The Morgan fingerprint density at radius 2 is 2.21 bits per heavy atom. The molecule has 0 saturated heterocycles. The Balaban J connectivity index is 0.00000208. The Hall–Kier alpha value is -2.10. The third-order valence-electron chi connectivity index (χ3n) is 3.56. The molecule has 0 aliphatic heterocycles. The van der Waals surface area contributed by atoms with Gasteiger partial charge in [-0.2, -0.15) is 0 Å². The van der Waals surface area contributed by atoms with Crippen LogP contribution < -0.4 is 5.32 Å². The SMILES string of the molecule is CN=C(NCc1nc2ccc(C)cc2[nH]1)N(C)Cc1ccon1.I. The summed E-state index contributed by atoms with van der Waals surface area (Å²) in [7, 11) is 3.70. The Labute approximate surface area is 157 Å². The third kappa shape index (κ3) is 4.25. The molecule has 0 atom stereocenters. The van der Waals surface area contributed by atoms with E-state index in [-0.39, 0.29) is 24.0 Å². The zero-order valence-corrected chi connectivity index (χ0v) is 16.2. The number of benzene rings is 1. The number of guanidine groups is 1. The van der Waals surface area contributed by atoms with Crippen LogP contribution in [0.3, 0.4) is 0 Å². The van der Waals surface area contributed by atoms with Gasteiger partial charge in [-0.25, -0.2) is 4.98 Å². The molecule has 128 valence electrons. The highest BCUT2D eigenvalue weighted by atomic mass is 127. The van der Waals surface area contributed by atoms with Crippen LogP contribution in [0.4, 0.5) is 0 Å². The quantitative estimate of drug-likeness (QED) is 0.371. The first kappa shape index (κ1) is 18.2. The summed E-state index contributed by atoms with van der Waals surface area (Å²) < 4.78 is 4.85. The number of aromatic amines is 1. The minimum atomic E-state index is 0. The molecule has 0 fully saturated rings. The van der Waals surface area contributed by atoms with Crippen molar-refractivity contribution in [3.05, 3.63) is 47.6 Å². The lowest BCUT2D eigenvalue weighted by molar-refractivity contribution is 0.391. The molecule has 0 aliphatic carbocycles. The maximum Gasteiger partial charge on any atom is 0.194 e. The minimum absolute atomic E-state index is 0. The molecule has 0 bridgehead atoms. The molecule has 3 rings (SSSR count). The number of hydrogen-bond donors (Lipinski definition) is 2. The molecule has 0 radical (unpaired) electrons. The van der Waals surface area contributed by atoms with E-state index in [1.807, 2.05) is 24.1 Å². The van der Waals surface area contributed by atoms with E-state index in [1.54, 1.807) is 13.3 Å². The van der Waals surface area contributed by atoms with Crippen LogP contribution in [0.5, 0.6) is 0 Å². The predicted molar refractivity (Wildman–Crippen MR) is 104 cm³/mol. The first-order valence-electron chi connectivity index (χ1n) is 7.42. The Morgan fingerprint density at radius 1 is 1.38 bits per heavy atom. The Kier molecular flexibility index (Phi) is 6.18. The van der Waals surface area contributed by atoms with E-state index >= 15 is 0 Å². The van der Waals surface area contributed by atoms with E-state index in [2.05, 4.69) is 44.5 Å². The van der Waals surface area contributed by atoms with E-state index in [1.165, 1.54) is 5.56 Å². The number of nitrogens with zero attached hydrogens (tertiary/aromatic N) is 4. The minimum Gasteiger partial charge on any atom is -0.364 e. The number of H-pyrrole nitrogens is 1. The second kappa shape index (κ2) is 8.13.